The number of benzene rings is 2. The molecule has 0 aliphatic heterocycles. The first-order valence-electron chi connectivity index (χ1n) is 7.34. The first-order chi connectivity index (χ1) is 11.2. The molecule has 1 heterocycles. The Labute approximate surface area is 133 Å². The Morgan fingerprint density at radius 3 is 2.39 bits per heavy atom. The molecule has 0 fully saturated rings. The van der Waals surface area contributed by atoms with Gasteiger partial charge in [-0.3, -0.25) is 4.79 Å². The number of nitrogens with one attached hydrogen (secondary N) is 1. The fraction of sp³-hybridized carbons (Fsp3) is 0.105. The second-order valence-corrected chi connectivity index (χ2v) is 5.23. The molecule has 0 radical (unpaired) electrons. The molecule has 3 rings (SSSR count). The van der Waals surface area contributed by atoms with E-state index >= 15 is 0 Å². The predicted octanol–water partition coefficient (Wildman–Crippen LogP) is 3.87. The Kier molecular flexibility index (Phi) is 4.52. The zero-order valence-corrected chi connectivity index (χ0v) is 12.4. The Hall–Kier alpha value is -2.88. The summed E-state index contributed by atoms with van der Waals surface area (Å²) in [5.74, 6) is 0.206. The Morgan fingerprint density at radius 1 is 1.00 bits per heavy atom. The van der Waals surface area contributed by atoms with E-state index in [0.29, 0.717) is 5.76 Å². The van der Waals surface area contributed by atoms with Crippen molar-refractivity contribution >= 4 is 5.91 Å². The van der Waals surface area contributed by atoms with Crippen LogP contribution in [-0.4, -0.2) is 5.91 Å². The summed E-state index contributed by atoms with van der Waals surface area (Å²) in [6.45, 7) is 0. The number of carbonyl (C=O) groups excluding carboxylic acids is 1. The van der Waals surface area contributed by atoms with Crippen molar-refractivity contribution in [3.63, 3.8) is 0 Å². The van der Waals surface area contributed by atoms with Gasteiger partial charge in [0, 0.05) is 0 Å². The van der Waals surface area contributed by atoms with E-state index in [-0.39, 0.29) is 24.2 Å². The molecule has 0 saturated heterocycles. The van der Waals surface area contributed by atoms with Gasteiger partial charge in [-0.25, -0.2) is 4.39 Å². The molecule has 1 unspecified atom stereocenters. The zero-order valence-electron chi connectivity index (χ0n) is 12.4. The van der Waals surface area contributed by atoms with Crippen LogP contribution in [0.25, 0.3) is 0 Å². The van der Waals surface area contributed by atoms with E-state index < -0.39 is 0 Å². The third-order valence-corrected chi connectivity index (χ3v) is 3.54. The summed E-state index contributed by atoms with van der Waals surface area (Å²) < 4.78 is 18.4. The lowest BCUT2D eigenvalue weighted by Crippen LogP contribution is -2.30. The van der Waals surface area contributed by atoms with Gasteiger partial charge in [0.2, 0.25) is 5.91 Å². The standard InChI is InChI=1S/C19H16FNO2/c20-16-10-8-14(9-11-16)13-18(22)21-19(17-7-4-12-23-17)15-5-2-1-3-6-15/h1-12,19H,13H2,(H,21,22). The van der Waals surface area contributed by atoms with Gasteiger partial charge in [-0.2, -0.15) is 0 Å². The van der Waals surface area contributed by atoms with E-state index in [4.69, 9.17) is 4.42 Å². The molecule has 0 saturated carbocycles. The van der Waals surface area contributed by atoms with Crippen LogP contribution in [0.15, 0.2) is 77.4 Å². The predicted molar refractivity (Wildman–Crippen MR) is 85.2 cm³/mol. The van der Waals surface area contributed by atoms with Crippen LogP contribution in [0.5, 0.6) is 0 Å². The van der Waals surface area contributed by atoms with Crippen LogP contribution < -0.4 is 5.32 Å². The smallest absolute Gasteiger partial charge is 0.225 e. The number of rotatable bonds is 5. The summed E-state index contributed by atoms with van der Waals surface area (Å²) in [5.41, 5.74) is 1.70. The van der Waals surface area contributed by atoms with Crippen molar-refractivity contribution in [3.05, 3.63) is 95.7 Å². The minimum Gasteiger partial charge on any atom is -0.467 e. The SMILES string of the molecule is O=C(Cc1ccc(F)cc1)NC(c1ccccc1)c1ccco1. The number of amides is 1. The molecule has 3 aromatic rings. The van der Waals surface area contributed by atoms with Crippen molar-refractivity contribution < 1.29 is 13.6 Å². The topological polar surface area (TPSA) is 42.2 Å². The van der Waals surface area contributed by atoms with E-state index in [9.17, 15) is 9.18 Å². The van der Waals surface area contributed by atoms with Crippen LogP contribution >= 0.6 is 0 Å². The molecule has 0 aliphatic carbocycles. The van der Waals surface area contributed by atoms with Crippen LogP contribution in [-0.2, 0) is 11.2 Å². The van der Waals surface area contributed by atoms with Gasteiger partial charge < -0.3 is 9.73 Å². The van der Waals surface area contributed by atoms with Gasteiger partial charge in [0.05, 0.1) is 12.7 Å². The van der Waals surface area contributed by atoms with Crippen molar-refractivity contribution in [2.24, 2.45) is 0 Å². The highest BCUT2D eigenvalue weighted by molar-refractivity contribution is 5.79. The molecule has 4 heteroatoms. The fourth-order valence-electron chi connectivity index (χ4n) is 2.42. The maximum absolute atomic E-state index is 12.9. The van der Waals surface area contributed by atoms with Crippen molar-refractivity contribution in [2.45, 2.75) is 12.5 Å². The number of carbonyl (C=O) groups is 1. The highest BCUT2D eigenvalue weighted by Crippen LogP contribution is 2.22. The number of furan rings is 1. The number of hydrogen-bond acceptors (Lipinski definition) is 2. The van der Waals surface area contributed by atoms with E-state index in [1.165, 1.54) is 12.1 Å². The quantitative estimate of drug-likeness (QED) is 0.777. The van der Waals surface area contributed by atoms with Crippen LogP contribution in [0.3, 0.4) is 0 Å². The second kappa shape index (κ2) is 6.92. The van der Waals surface area contributed by atoms with Crippen molar-refractivity contribution in [1.29, 1.82) is 0 Å². The van der Waals surface area contributed by atoms with E-state index in [2.05, 4.69) is 5.32 Å². The average molecular weight is 309 g/mol. The molecule has 1 aromatic heterocycles. The second-order valence-electron chi connectivity index (χ2n) is 5.23. The average Bonchev–Trinajstić information content (AvgIpc) is 3.10. The molecule has 1 atom stereocenters. The molecule has 0 spiro atoms. The Morgan fingerprint density at radius 2 is 1.74 bits per heavy atom. The normalized spacial score (nSPS) is 11.9. The van der Waals surface area contributed by atoms with Gasteiger partial charge in [0.15, 0.2) is 0 Å². The van der Waals surface area contributed by atoms with Crippen LogP contribution in [0.1, 0.15) is 22.9 Å². The van der Waals surface area contributed by atoms with Crippen molar-refractivity contribution in [1.82, 2.24) is 5.32 Å². The highest BCUT2D eigenvalue weighted by atomic mass is 19.1. The van der Waals surface area contributed by atoms with Gasteiger partial charge in [-0.1, -0.05) is 42.5 Å². The highest BCUT2D eigenvalue weighted by Gasteiger charge is 2.19. The lowest BCUT2D eigenvalue weighted by atomic mass is 10.0. The van der Waals surface area contributed by atoms with E-state index in [0.717, 1.165) is 11.1 Å². The van der Waals surface area contributed by atoms with Crippen LogP contribution in [0, 0.1) is 5.82 Å². The van der Waals surface area contributed by atoms with E-state index in [1.54, 1.807) is 24.5 Å². The van der Waals surface area contributed by atoms with E-state index in [1.807, 2.05) is 36.4 Å². The summed E-state index contributed by atoms with van der Waals surface area (Å²) in [4.78, 5) is 12.3. The lowest BCUT2D eigenvalue weighted by molar-refractivity contribution is -0.121. The van der Waals surface area contributed by atoms with Crippen LogP contribution in [0.4, 0.5) is 4.39 Å². The maximum atomic E-state index is 12.9. The molecule has 0 bridgehead atoms. The van der Waals surface area contributed by atoms with Gasteiger partial charge in [-0.15, -0.1) is 0 Å². The monoisotopic (exact) mass is 309 g/mol. The molecule has 2 aromatic carbocycles. The fourth-order valence-corrected chi connectivity index (χ4v) is 2.42. The summed E-state index contributed by atoms with van der Waals surface area (Å²) in [5, 5.41) is 2.97. The zero-order chi connectivity index (χ0) is 16.1. The third-order valence-electron chi connectivity index (χ3n) is 3.54. The van der Waals surface area contributed by atoms with Gasteiger partial charge in [0.25, 0.3) is 0 Å². The summed E-state index contributed by atoms with van der Waals surface area (Å²) >= 11 is 0. The largest absolute Gasteiger partial charge is 0.467 e. The number of hydrogen-bond donors (Lipinski definition) is 1. The molecule has 116 valence electrons. The number of halogens is 1. The first-order valence-corrected chi connectivity index (χ1v) is 7.34. The molecule has 1 amide bonds. The molecule has 23 heavy (non-hydrogen) atoms. The van der Waals surface area contributed by atoms with Gasteiger partial charge in [0.1, 0.15) is 17.6 Å². The van der Waals surface area contributed by atoms with Crippen molar-refractivity contribution in [3.8, 4) is 0 Å². The van der Waals surface area contributed by atoms with Gasteiger partial charge in [-0.05, 0) is 35.4 Å². The summed E-state index contributed by atoms with van der Waals surface area (Å²) in [7, 11) is 0. The summed E-state index contributed by atoms with van der Waals surface area (Å²) in [6.07, 6.45) is 1.77. The maximum Gasteiger partial charge on any atom is 0.225 e. The molecular weight excluding hydrogens is 293 g/mol. The minimum absolute atomic E-state index is 0.151. The lowest BCUT2D eigenvalue weighted by Gasteiger charge is -2.17. The third kappa shape index (κ3) is 3.86. The molecule has 1 N–H and O–H groups in total. The molecular formula is C19H16FNO2. The first kappa shape index (κ1) is 15.0. The van der Waals surface area contributed by atoms with Crippen molar-refractivity contribution in [2.75, 3.05) is 0 Å². The summed E-state index contributed by atoms with van der Waals surface area (Å²) in [6, 6.07) is 18.8. The molecule has 3 nitrogen and oxygen atoms in total. The Balaban J connectivity index is 1.76. The minimum atomic E-state index is -0.348. The van der Waals surface area contributed by atoms with Gasteiger partial charge >= 0.3 is 0 Å². The molecule has 0 aliphatic rings. The Bertz CT molecular complexity index is 752. The van der Waals surface area contributed by atoms with Crippen LogP contribution in [0.2, 0.25) is 0 Å².